The molecule has 162 valence electrons. The lowest BCUT2D eigenvalue weighted by molar-refractivity contribution is -0.123. The molecule has 5 rings (SSSR count). The number of carbonyl (C=O) groups is 1. The molecule has 0 radical (unpaired) electrons. The first-order valence-corrected chi connectivity index (χ1v) is 11.5. The summed E-state index contributed by atoms with van der Waals surface area (Å²) in [7, 11) is 0. The smallest absolute Gasteiger partial charge is 0.258 e. The van der Waals surface area contributed by atoms with Crippen LogP contribution in [0, 0.1) is 12.7 Å². The highest BCUT2D eigenvalue weighted by Gasteiger charge is 2.19. The van der Waals surface area contributed by atoms with E-state index in [0.29, 0.717) is 17.1 Å². The fourth-order valence-corrected chi connectivity index (χ4v) is 5.15. The standard InChI is InChI=1S/C22H17FN4O3S2/c1-11(22-26-21(27-30-22)13-3-5-14(23)6-4-13)24-18(28)10-29-16-9-17-19(25-12(2)32-17)20-15(16)7-8-31-20/h3-9,11H,10H2,1-2H3,(H,24,28). The van der Waals surface area contributed by atoms with Gasteiger partial charge in [-0.05, 0) is 49.6 Å². The summed E-state index contributed by atoms with van der Waals surface area (Å²) in [5, 5.41) is 10.6. The molecule has 1 amide bonds. The quantitative estimate of drug-likeness (QED) is 0.365. The number of fused-ring (bicyclic) bond motifs is 3. The SMILES string of the molecule is Cc1nc2c(cc(OCC(=O)NC(C)c3nc(-c4ccc(F)cc4)no3)c3ccsc32)s1. The van der Waals surface area contributed by atoms with Gasteiger partial charge < -0.3 is 14.6 Å². The molecule has 1 N–H and O–H groups in total. The van der Waals surface area contributed by atoms with E-state index in [2.05, 4.69) is 20.4 Å². The number of carbonyl (C=O) groups excluding carboxylic acids is 1. The predicted octanol–water partition coefficient (Wildman–Crippen LogP) is 5.26. The number of hydrogen-bond acceptors (Lipinski definition) is 8. The van der Waals surface area contributed by atoms with E-state index in [4.69, 9.17) is 9.26 Å². The zero-order chi connectivity index (χ0) is 22.2. The molecule has 0 fully saturated rings. The topological polar surface area (TPSA) is 90.1 Å². The van der Waals surface area contributed by atoms with E-state index in [1.165, 1.54) is 12.1 Å². The summed E-state index contributed by atoms with van der Waals surface area (Å²) in [6, 6.07) is 9.16. The van der Waals surface area contributed by atoms with Crippen molar-refractivity contribution in [3.63, 3.8) is 0 Å². The average Bonchev–Trinajstić information content (AvgIpc) is 3.51. The van der Waals surface area contributed by atoms with Crippen molar-refractivity contribution in [2.24, 2.45) is 0 Å². The number of aromatic nitrogens is 3. The van der Waals surface area contributed by atoms with Gasteiger partial charge in [0.1, 0.15) is 17.6 Å². The summed E-state index contributed by atoms with van der Waals surface area (Å²) in [5.41, 5.74) is 1.59. The lowest BCUT2D eigenvalue weighted by atomic mass is 10.2. The van der Waals surface area contributed by atoms with Crippen LogP contribution in [-0.2, 0) is 4.79 Å². The third-order valence-corrected chi connectivity index (χ3v) is 6.66. The minimum atomic E-state index is -0.513. The van der Waals surface area contributed by atoms with Crippen LogP contribution in [-0.4, -0.2) is 27.6 Å². The molecule has 0 aliphatic rings. The molecule has 0 saturated heterocycles. The van der Waals surface area contributed by atoms with E-state index >= 15 is 0 Å². The van der Waals surface area contributed by atoms with Crippen molar-refractivity contribution in [1.82, 2.24) is 20.4 Å². The van der Waals surface area contributed by atoms with E-state index < -0.39 is 6.04 Å². The minimum Gasteiger partial charge on any atom is -0.483 e. The molecule has 0 spiro atoms. The number of thiophene rings is 1. The van der Waals surface area contributed by atoms with Gasteiger partial charge in [0.25, 0.3) is 5.91 Å². The number of thiazole rings is 1. The number of rotatable bonds is 6. The minimum absolute atomic E-state index is 0.155. The first-order valence-electron chi connectivity index (χ1n) is 9.77. The van der Waals surface area contributed by atoms with Gasteiger partial charge in [-0.25, -0.2) is 9.37 Å². The van der Waals surface area contributed by atoms with E-state index in [1.807, 2.05) is 24.4 Å². The molecule has 3 heterocycles. The Labute approximate surface area is 189 Å². The maximum atomic E-state index is 13.1. The maximum Gasteiger partial charge on any atom is 0.258 e. The Morgan fingerprint density at radius 3 is 2.88 bits per heavy atom. The second-order valence-electron chi connectivity index (χ2n) is 7.16. The molecule has 7 nitrogen and oxygen atoms in total. The number of nitrogens with one attached hydrogen (secondary N) is 1. The molecule has 0 saturated carbocycles. The Balaban J connectivity index is 1.26. The van der Waals surface area contributed by atoms with E-state index in [-0.39, 0.29) is 24.2 Å². The first-order chi connectivity index (χ1) is 15.5. The summed E-state index contributed by atoms with van der Waals surface area (Å²) in [6.45, 7) is 3.55. The molecule has 1 atom stereocenters. The largest absolute Gasteiger partial charge is 0.483 e. The Hall–Kier alpha value is -3.37. The summed E-state index contributed by atoms with van der Waals surface area (Å²) in [6.07, 6.45) is 0. The third kappa shape index (κ3) is 3.94. The van der Waals surface area contributed by atoms with Crippen molar-refractivity contribution in [3.8, 4) is 17.1 Å². The van der Waals surface area contributed by atoms with Crippen LogP contribution in [0.4, 0.5) is 4.39 Å². The van der Waals surface area contributed by atoms with Crippen molar-refractivity contribution >= 4 is 48.9 Å². The van der Waals surface area contributed by atoms with E-state index in [1.54, 1.807) is 41.7 Å². The molecule has 0 aliphatic heterocycles. The molecule has 5 aromatic rings. The Kier molecular flexibility index (Phi) is 5.32. The molecule has 0 bridgehead atoms. The highest BCUT2D eigenvalue weighted by molar-refractivity contribution is 7.21. The van der Waals surface area contributed by atoms with Crippen LogP contribution in [0.3, 0.4) is 0 Å². The van der Waals surface area contributed by atoms with Crippen LogP contribution in [0.15, 0.2) is 46.3 Å². The molecule has 1 unspecified atom stereocenters. The van der Waals surface area contributed by atoms with Crippen LogP contribution in [0.25, 0.3) is 31.7 Å². The predicted molar refractivity (Wildman–Crippen MR) is 121 cm³/mol. The third-order valence-electron chi connectivity index (χ3n) is 4.82. The number of nitrogens with zero attached hydrogens (tertiary/aromatic N) is 3. The van der Waals surface area contributed by atoms with Crippen LogP contribution in [0.1, 0.15) is 23.9 Å². The van der Waals surface area contributed by atoms with Gasteiger partial charge in [0.05, 0.1) is 19.9 Å². The van der Waals surface area contributed by atoms with Gasteiger partial charge in [-0.15, -0.1) is 22.7 Å². The van der Waals surface area contributed by atoms with Gasteiger partial charge >= 0.3 is 0 Å². The van der Waals surface area contributed by atoms with Crippen LogP contribution in [0.2, 0.25) is 0 Å². The van der Waals surface area contributed by atoms with Crippen LogP contribution in [0.5, 0.6) is 5.75 Å². The molecule has 0 aliphatic carbocycles. The fourth-order valence-electron chi connectivity index (χ4n) is 3.32. The average molecular weight is 469 g/mol. The highest BCUT2D eigenvalue weighted by Crippen LogP contribution is 2.38. The van der Waals surface area contributed by atoms with Crippen molar-refractivity contribution in [2.45, 2.75) is 19.9 Å². The molecule has 10 heteroatoms. The number of benzene rings is 2. The van der Waals surface area contributed by atoms with Crippen molar-refractivity contribution in [3.05, 3.63) is 58.5 Å². The Morgan fingerprint density at radius 2 is 2.06 bits per heavy atom. The Bertz CT molecular complexity index is 1420. The van der Waals surface area contributed by atoms with Gasteiger partial charge in [0.2, 0.25) is 11.7 Å². The summed E-state index contributed by atoms with van der Waals surface area (Å²) in [4.78, 5) is 21.4. The van der Waals surface area contributed by atoms with Crippen molar-refractivity contribution in [2.75, 3.05) is 6.61 Å². The molecule has 2 aromatic carbocycles. The number of aryl methyl sites for hydroxylation is 1. The fraction of sp³-hybridized carbons (Fsp3) is 0.182. The van der Waals surface area contributed by atoms with Crippen molar-refractivity contribution in [1.29, 1.82) is 0 Å². The highest BCUT2D eigenvalue weighted by atomic mass is 32.1. The molecule has 3 aromatic heterocycles. The van der Waals surface area contributed by atoms with Gasteiger partial charge in [-0.3, -0.25) is 4.79 Å². The summed E-state index contributed by atoms with van der Waals surface area (Å²) < 4.78 is 26.3. The van der Waals surface area contributed by atoms with Crippen molar-refractivity contribution < 1.29 is 18.4 Å². The summed E-state index contributed by atoms with van der Waals surface area (Å²) >= 11 is 3.20. The molecular formula is C22H17FN4O3S2. The lowest BCUT2D eigenvalue weighted by Gasteiger charge is -2.11. The van der Waals surface area contributed by atoms with Gasteiger partial charge in [0.15, 0.2) is 6.61 Å². The van der Waals surface area contributed by atoms with Gasteiger partial charge in [0, 0.05) is 17.0 Å². The van der Waals surface area contributed by atoms with E-state index in [9.17, 15) is 9.18 Å². The number of halogens is 1. The zero-order valence-corrected chi connectivity index (χ0v) is 18.7. The second kappa shape index (κ2) is 8.29. The lowest BCUT2D eigenvalue weighted by Crippen LogP contribution is -2.31. The molecule has 32 heavy (non-hydrogen) atoms. The van der Waals surface area contributed by atoms with Gasteiger partial charge in [-0.2, -0.15) is 4.98 Å². The maximum absolute atomic E-state index is 13.1. The van der Waals surface area contributed by atoms with Crippen LogP contribution >= 0.6 is 22.7 Å². The normalized spacial score (nSPS) is 12.3. The van der Waals surface area contributed by atoms with Crippen LogP contribution < -0.4 is 10.1 Å². The second-order valence-corrected chi connectivity index (χ2v) is 9.31. The van der Waals surface area contributed by atoms with E-state index in [0.717, 1.165) is 25.3 Å². The monoisotopic (exact) mass is 468 g/mol. The number of amides is 1. The first kappa shape index (κ1) is 20.5. The molecular weight excluding hydrogens is 451 g/mol. The summed E-state index contributed by atoms with van der Waals surface area (Å²) in [5.74, 6) is 0.562. The Morgan fingerprint density at radius 1 is 1.25 bits per heavy atom. The number of hydrogen-bond donors (Lipinski definition) is 1. The number of ether oxygens (including phenoxy) is 1. The zero-order valence-electron chi connectivity index (χ0n) is 17.1. The van der Waals surface area contributed by atoms with Gasteiger partial charge in [-0.1, -0.05) is 5.16 Å².